The SMILES string of the molecule is CN(C)C(=O)CNC(=O)COC(=O)c1n[nH]c2ccccc12. The number of para-hydroxylation sites is 1. The van der Waals surface area contributed by atoms with Gasteiger partial charge < -0.3 is 15.0 Å². The Morgan fingerprint density at radius 2 is 2.00 bits per heavy atom. The zero-order valence-electron chi connectivity index (χ0n) is 12.3. The first-order valence-electron chi connectivity index (χ1n) is 6.56. The summed E-state index contributed by atoms with van der Waals surface area (Å²) in [5.74, 6) is -1.51. The zero-order chi connectivity index (χ0) is 16.1. The number of rotatable bonds is 5. The fourth-order valence-corrected chi connectivity index (χ4v) is 1.70. The van der Waals surface area contributed by atoms with E-state index in [1.165, 1.54) is 4.90 Å². The summed E-state index contributed by atoms with van der Waals surface area (Å²) in [6.07, 6.45) is 0. The molecule has 0 aliphatic heterocycles. The molecule has 2 N–H and O–H groups in total. The third kappa shape index (κ3) is 3.60. The van der Waals surface area contributed by atoms with E-state index in [1.54, 1.807) is 32.3 Å². The summed E-state index contributed by atoms with van der Waals surface area (Å²) >= 11 is 0. The standard InChI is InChI=1S/C14H16N4O4/c1-18(2)12(20)7-15-11(19)8-22-14(21)13-9-5-3-4-6-10(9)16-17-13/h3-6H,7-8H2,1-2H3,(H,15,19)(H,16,17). The zero-order valence-corrected chi connectivity index (χ0v) is 12.3. The van der Waals surface area contributed by atoms with Crippen LogP contribution in [0.1, 0.15) is 10.5 Å². The van der Waals surface area contributed by atoms with Gasteiger partial charge in [0.2, 0.25) is 5.91 Å². The van der Waals surface area contributed by atoms with Crippen LogP contribution in [0.15, 0.2) is 24.3 Å². The predicted octanol–water partition coefficient (Wildman–Crippen LogP) is -0.0759. The van der Waals surface area contributed by atoms with Crippen molar-refractivity contribution >= 4 is 28.7 Å². The number of amides is 2. The Bertz CT molecular complexity index is 708. The molecule has 0 unspecified atom stereocenters. The maximum Gasteiger partial charge on any atom is 0.359 e. The number of nitrogens with zero attached hydrogens (tertiary/aromatic N) is 2. The van der Waals surface area contributed by atoms with E-state index in [1.807, 2.05) is 6.07 Å². The summed E-state index contributed by atoms with van der Waals surface area (Å²) in [4.78, 5) is 36.1. The molecule has 0 radical (unpaired) electrons. The van der Waals surface area contributed by atoms with Gasteiger partial charge in [0.05, 0.1) is 12.1 Å². The molecule has 2 aromatic rings. The van der Waals surface area contributed by atoms with Crippen molar-refractivity contribution in [2.75, 3.05) is 27.2 Å². The molecule has 1 aromatic heterocycles. The minimum absolute atomic E-state index is 0.118. The molecule has 0 aliphatic carbocycles. The van der Waals surface area contributed by atoms with E-state index in [4.69, 9.17) is 4.74 Å². The summed E-state index contributed by atoms with van der Waals surface area (Å²) in [7, 11) is 3.16. The van der Waals surface area contributed by atoms with Gasteiger partial charge in [-0.25, -0.2) is 4.79 Å². The van der Waals surface area contributed by atoms with E-state index in [0.717, 1.165) is 0 Å². The highest BCUT2D eigenvalue weighted by Crippen LogP contribution is 2.15. The lowest BCUT2D eigenvalue weighted by Gasteiger charge is -2.10. The van der Waals surface area contributed by atoms with Crippen LogP contribution in [-0.2, 0) is 14.3 Å². The number of ether oxygens (including phenoxy) is 1. The number of nitrogens with one attached hydrogen (secondary N) is 2. The molecular formula is C14H16N4O4. The number of likely N-dealkylation sites (N-methyl/N-ethyl adjacent to an activating group) is 1. The number of benzene rings is 1. The molecule has 116 valence electrons. The number of carbonyl (C=O) groups is 3. The normalized spacial score (nSPS) is 10.3. The monoisotopic (exact) mass is 304 g/mol. The van der Waals surface area contributed by atoms with Crippen LogP contribution in [0.2, 0.25) is 0 Å². The van der Waals surface area contributed by atoms with Gasteiger partial charge in [-0.2, -0.15) is 5.10 Å². The summed E-state index contributed by atoms with van der Waals surface area (Å²) in [5, 5.41) is 9.57. The Hall–Kier alpha value is -2.90. The molecule has 0 atom stereocenters. The first kappa shape index (κ1) is 15.5. The van der Waals surface area contributed by atoms with Crippen molar-refractivity contribution < 1.29 is 19.1 Å². The van der Waals surface area contributed by atoms with E-state index in [0.29, 0.717) is 10.9 Å². The fraction of sp³-hybridized carbons (Fsp3) is 0.286. The summed E-state index contributed by atoms with van der Waals surface area (Å²) < 4.78 is 4.89. The molecular weight excluding hydrogens is 288 g/mol. The van der Waals surface area contributed by atoms with Crippen LogP contribution < -0.4 is 5.32 Å². The number of hydrogen-bond acceptors (Lipinski definition) is 5. The van der Waals surface area contributed by atoms with Crippen LogP contribution in [0.4, 0.5) is 0 Å². The first-order valence-corrected chi connectivity index (χ1v) is 6.56. The molecule has 0 spiro atoms. The molecule has 2 rings (SSSR count). The highest BCUT2D eigenvalue weighted by atomic mass is 16.5. The lowest BCUT2D eigenvalue weighted by Crippen LogP contribution is -2.38. The molecule has 1 heterocycles. The minimum atomic E-state index is -0.702. The molecule has 0 fully saturated rings. The topological polar surface area (TPSA) is 104 Å². The quantitative estimate of drug-likeness (QED) is 0.752. The first-order chi connectivity index (χ1) is 10.5. The van der Waals surface area contributed by atoms with Gasteiger partial charge in [0.1, 0.15) is 0 Å². The maximum absolute atomic E-state index is 11.9. The van der Waals surface area contributed by atoms with Gasteiger partial charge in [0.15, 0.2) is 12.3 Å². The van der Waals surface area contributed by atoms with Crippen LogP contribution in [0.5, 0.6) is 0 Å². The Kier molecular flexibility index (Phi) is 4.72. The molecule has 2 amide bonds. The van der Waals surface area contributed by atoms with E-state index < -0.39 is 18.5 Å². The summed E-state index contributed by atoms with van der Waals surface area (Å²) in [6, 6.07) is 7.09. The second-order valence-electron chi connectivity index (χ2n) is 4.76. The third-order valence-corrected chi connectivity index (χ3v) is 2.93. The van der Waals surface area contributed by atoms with Gasteiger partial charge in [-0.05, 0) is 6.07 Å². The van der Waals surface area contributed by atoms with Crippen LogP contribution in [0.3, 0.4) is 0 Å². The number of aromatic nitrogens is 2. The van der Waals surface area contributed by atoms with E-state index in [2.05, 4.69) is 15.5 Å². The molecule has 1 aromatic carbocycles. The smallest absolute Gasteiger partial charge is 0.359 e. The van der Waals surface area contributed by atoms with Crippen LogP contribution in [0.25, 0.3) is 10.9 Å². The van der Waals surface area contributed by atoms with Gasteiger partial charge in [0.25, 0.3) is 5.91 Å². The van der Waals surface area contributed by atoms with Gasteiger partial charge >= 0.3 is 5.97 Å². The second kappa shape index (κ2) is 6.70. The molecule has 0 bridgehead atoms. The molecule has 0 saturated heterocycles. The van der Waals surface area contributed by atoms with Crippen LogP contribution >= 0.6 is 0 Å². The van der Waals surface area contributed by atoms with Crippen LogP contribution in [-0.4, -0.2) is 60.1 Å². The van der Waals surface area contributed by atoms with Gasteiger partial charge in [-0.15, -0.1) is 0 Å². The third-order valence-electron chi connectivity index (χ3n) is 2.93. The van der Waals surface area contributed by atoms with Gasteiger partial charge in [-0.3, -0.25) is 14.7 Å². The highest BCUT2D eigenvalue weighted by Gasteiger charge is 2.17. The number of esters is 1. The van der Waals surface area contributed by atoms with Crippen molar-refractivity contribution in [2.24, 2.45) is 0 Å². The van der Waals surface area contributed by atoms with Gasteiger partial charge in [0, 0.05) is 19.5 Å². The lowest BCUT2D eigenvalue weighted by atomic mass is 10.2. The fourth-order valence-electron chi connectivity index (χ4n) is 1.70. The van der Waals surface area contributed by atoms with Crippen molar-refractivity contribution in [3.63, 3.8) is 0 Å². The van der Waals surface area contributed by atoms with E-state index in [-0.39, 0.29) is 18.1 Å². The van der Waals surface area contributed by atoms with Crippen LogP contribution in [0, 0.1) is 0 Å². The number of carbonyl (C=O) groups excluding carboxylic acids is 3. The predicted molar refractivity (Wildman–Crippen MR) is 78.1 cm³/mol. The molecule has 0 aliphatic rings. The summed E-state index contributed by atoms with van der Waals surface area (Å²) in [5.41, 5.74) is 0.822. The Morgan fingerprint density at radius 1 is 1.27 bits per heavy atom. The molecule has 0 saturated carbocycles. The lowest BCUT2D eigenvalue weighted by molar-refractivity contribution is -0.131. The van der Waals surface area contributed by atoms with Crippen molar-refractivity contribution in [3.8, 4) is 0 Å². The molecule has 8 heteroatoms. The average molecular weight is 304 g/mol. The molecule has 22 heavy (non-hydrogen) atoms. The van der Waals surface area contributed by atoms with Crippen molar-refractivity contribution in [2.45, 2.75) is 0 Å². The second-order valence-corrected chi connectivity index (χ2v) is 4.76. The number of aromatic amines is 1. The number of H-pyrrole nitrogens is 1. The van der Waals surface area contributed by atoms with Gasteiger partial charge in [-0.1, -0.05) is 18.2 Å². The Balaban J connectivity index is 1.88. The Morgan fingerprint density at radius 3 is 2.73 bits per heavy atom. The van der Waals surface area contributed by atoms with E-state index >= 15 is 0 Å². The number of hydrogen-bond donors (Lipinski definition) is 2. The van der Waals surface area contributed by atoms with E-state index in [9.17, 15) is 14.4 Å². The Labute approximate surface area is 126 Å². The van der Waals surface area contributed by atoms with Crippen molar-refractivity contribution in [1.82, 2.24) is 20.4 Å². The average Bonchev–Trinajstić information content (AvgIpc) is 2.94. The highest BCUT2D eigenvalue weighted by molar-refractivity contribution is 6.02. The van der Waals surface area contributed by atoms with Crippen molar-refractivity contribution in [3.05, 3.63) is 30.0 Å². The number of fused-ring (bicyclic) bond motifs is 1. The molecule has 8 nitrogen and oxygen atoms in total. The minimum Gasteiger partial charge on any atom is -0.451 e. The summed E-state index contributed by atoms with van der Waals surface area (Å²) in [6.45, 7) is -0.616. The largest absolute Gasteiger partial charge is 0.451 e. The maximum atomic E-state index is 11.9. The van der Waals surface area contributed by atoms with Crippen molar-refractivity contribution in [1.29, 1.82) is 0 Å².